The van der Waals surface area contributed by atoms with Crippen LogP contribution in [0, 0.1) is 17.6 Å². The molecule has 1 saturated heterocycles. The van der Waals surface area contributed by atoms with Crippen molar-refractivity contribution in [2.75, 3.05) is 13.7 Å². The molecule has 0 aliphatic carbocycles. The number of benzene rings is 1. The highest BCUT2D eigenvalue weighted by Gasteiger charge is 2.66. The third-order valence-corrected chi connectivity index (χ3v) is 4.83. The Bertz CT molecular complexity index is 690. The predicted octanol–water partition coefficient (Wildman–Crippen LogP) is 3.98. The summed E-state index contributed by atoms with van der Waals surface area (Å²) < 4.78 is 83.1. The normalized spacial score (nSPS) is 28.9. The number of rotatable bonds is 4. The Morgan fingerprint density at radius 3 is 2.42 bits per heavy atom. The smallest absolute Gasteiger partial charge is 0.417 e. The molecule has 0 bridgehead atoms. The number of hydrogen-bond acceptors (Lipinski definition) is 4. The van der Waals surface area contributed by atoms with Gasteiger partial charge in [-0.3, -0.25) is 0 Å². The zero-order valence-corrected chi connectivity index (χ0v) is 14.6. The summed E-state index contributed by atoms with van der Waals surface area (Å²) in [6.07, 6.45) is -6.44. The molecule has 1 aliphatic heterocycles. The molecule has 0 saturated carbocycles. The van der Waals surface area contributed by atoms with Crippen molar-refractivity contribution in [2.24, 2.45) is 5.92 Å². The molecule has 2 rings (SSSR count). The lowest BCUT2D eigenvalue weighted by atomic mass is 9.77. The standard InChI is InChI=1S/C17H19F5O4/c1-5-25-15(23)14-11(8(2)16(3,26-14)17(20,21)22)9-6-7-10(18)12(19)13(9)24-4/h6-8,11,14H,5H2,1-4H3/t8-,11-,14-,16+/m0/s1. The third-order valence-electron chi connectivity index (χ3n) is 4.83. The Labute approximate surface area is 147 Å². The summed E-state index contributed by atoms with van der Waals surface area (Å²) in [5.74, 6) is -6.68. The summed E-state index contributed by atoms with van der Waals surface area (Å²) in [4.78, 5) is 12.2. The molecule has 1 aliphatic rings. The van der Waals surface area contributed by atoms with Gasteiger partial charge in [-0.25, -0.2) is 9.18 Å². The van der Waals surface area contributed by atoms with Crippen molar-refractivity contribution in [1.82, 2.24) is 0 Å². The number of alkyl halides is 3. The van der Waals surface area contributed by atoms with Gasteiger partial charge in [0.15, 0.2) is 23.3 Å². The van der Waals surface area contributed by atoms with Crippen LogP contribution >= 0.6 is 0 Å². The van der Waals surface area contributed by atoms with E-state index in [4.69, 9.17) is 14.2 Å². The van der Waals surface area contributed by atoms with E-state index in [1.54, 1.807) is 0 Å². The van der Waals surface area contributed by atoms with Crippen molar-refractivity contribution in [3.8, 4) is 5.75 Å². The molecule has 26 heavy (non-hydrogen) atoms. The fraction of sp³-hybridized carbons (Fsp3) is 0.588. The Morgan fingerprint density at radius 1 is 1.31 bits per heavy atom. The number of ether oxygens (including phenoxy) is 3. The molecule has 9 heteroatoms. The minimum absolute atomic E-state index is 0.0720. The van der Waals surface area contributed by atoms with Crippen molar-refractivity contribution in [1.29, 1.82) is 0 Å². The van der Waals surface area contributed by atoms with E-state index in [1.165, 1.54) is 13.8 Å². The largest absolute Gasteiger partial charge is 0.493 e. The van der Waals surface area contributed by atoms with Crippen molar-refractivity contribution in [3.63, 3.8) is 0 Å². The van der Waals surface area contributed by atoms with Crippen LogP contribution in [0.4, 0.5) is 22.0 Å². The first-order valence-electron chi connectivity index (χ1n) is 7.92. The number of carbonyl (C=O) groups excluding carboxylic acids is 1. The fourth-order valence-corrected chi connectivity index (χ4v) is 3.24. The number of carbonyl (C=O) groups is 1. The maximum atomic E-state index is 14.1. The molecule has 4 nitrogen and oxygen atoms in total. The number of esters is 1. The summed E-state index contributed by atoms with van der Waals surface area (Å²) in [6, 6.07) is 1.86. The van der Waals surface area contributed by atoms with E-state index in [9.17, 15) is 26.7 Å². The van der Waals surface area contributed by atoms with E-state index in [2.05, 4.69) is 0 Å². The van der Waals surface area contributed by atoms with Gasteiger partial charge in [-0.15, -0.1) is 0 Å². The SMILES string of the molecule is CCOC(=O)[C@H]1O[C@@](C)(C(F)(F)F)[C@@H](C)[C@H]1c1ccc(F)c(F)c1OC. The zero-order valence-electron chi connectivity index (χ0n) is 14.6. The Morgan fingerprint density at radius 2 is 1.92 bits per heavy atom. The molecule has 0 aromatic heterocycles. The molecule has 146 valence electrons. The van der Waals surface area contributed by atoms with Crippen LogP contribution in [0.2, 0.25) is 0 Å². The van der Waals surface area contributed by atoms with Gasteiger partial charge in [0, 0.05) is 17.4 Å². The number of hydrogen-bond donors (Lipinski definition) is 0. The lowest BCUT2D eigenvalue weighted by molar-refractivity contribution is -0.274. The fourth-order valence-electron chi connectivity index (χ4n) is 3.24. The highest BCUT2D eigenvalue weighted by Crippen LogP contribution is 2.54. The first-order valence-corrected chi connectivity index (χ1v) is 7.92. The van der Waals surface area contributed by atoms with Gasteiger partial charge in [0.1, 0.15) is 0 Å². The van der Waals surface area contributed by atoms with Crippen LogP contribution in [0.15, 0.2) is 12.1 Å². The molecular formula is C17H19F5O4. The second-order valence-electron chi connectivity index (χ2n) is 6.19. The van der Waals surface area contributed by atoms with Gasteiger partial charge in [0.05, 0.1) is 13.7 Å². The number of halogens is 5. The predicted molar refractivity (Wildman–Crippen MR) is 80.8 cm³/mol. The van der Waals surface area contributed by atoms with Crippen molar-refractivity contribution in [2.45, 2.75) is 44.6 Å². The summed E-state index contributed by atoms with van der Waals surface area (Å²) in [6.45, 7) is 3.47. The lowest BCUT2D eigenvalue weighted by Crippen LogP contribution is -2.47. The molecule has 1 heterocycles. The lowest BCUT2D eigenvalue weighted by Gasteiger charge is -2.31. The van der Waals surface area contributed by atoms with E-state index >= 15 is 0 Å². The zero-order chi connectivity index (χ0) is 19.9. The maximum Gasteiger partial charge on any atom is 0.417 e. The van der Waals surface area contributed by atoms with Crippen molar-refractivity contribution < 1.29 is 41.0 Å². The highest BCUT2D eigenvalue weighted by atomic mass is 19.4. The molecule has 1 aromatic rings. The molecule has 0 N–H and O–H groups in total. The molecular weight excluding hydrogens is 363 g/mol. The van der Waals surface area contributed by atoms with Gasteiger partial charge < -0.3 is 14.2 Å². The second-order valence-corrected chi connectivity index (χ2v) is 6.19. The second kappa shape index (κ2) is 7.02. The van der Waals surface area contributed by atoms with Crippen LogP contribution in [-0.2, 0) is 14.3 Å². The van der Waals surface area contributed by atoms with Crippen LogP contribution < -0.4 is 4.74 Å². The molecule has 4 atom stereocenters. The Kier molecular flexibility index (Phi) is 5.51. The average Bonchev–Trinajstić information content (AvgIpc) is 2.83. The Hall–Kier alpha value is -1.90. The topological polar surface area (TPSA) is 44.8 Å². The summed E-state index contributed by atoms with van der Waals surface area (Å²) >= 11 is 0. The minimum atomic E-state index is -4.79. The molecule has 0 radical (unpaired) electrons. The molecule has 1 aromatic carbocycles. The van der Waals surface area contributed by atoms with E-state index in [0.29, 0.717) is 0 Å². The van der Waals surface area contributed by atoms with E-state index in [-0.39, 0.29) is 12.2 Å². The summed E-state index contributed by atoms with van der Waals surface area (Å²) in [5, 5.41) is 0. The van der Waals surface area contributed by atoms with Crippen LogP contribution in [0.5, 0.6) is 5.75 Å². The molecule has 0 unspecified atom stereocenters. The molecule has 1 fully saturated rings. The average molecular weight is 382 g/mol. The third kappa shape index (κ3) is 3.13. The van der Waals surface area contributed by atoms with E-state index < -0.39 is 53.1 Å². The van der Waals surface area contributed by atoms with Crippen LogP contribution in [0.25, 0.3) is 0 Å². The number of methoxy groups -OCH3 is 1. The van der Waals surface area contributed by atoms with Gasteiger partial charge in [-0.1, -0.05) is 13.0 Å². The summed E-state index contributed by atoms with van der Waals surface area (Å²) in [5.41, 5.74) is -2.77. The van der Waals surface area contributed by atoms with Gasteiger partial charge in [0.25, 0.3) is 0 Å². The van der Waals surface area contributed by atoms with Gasteiger partial charge in [-0.05, 0) is 19.9 Å². The monoisotopic (exact) mass is 382 g/mol. The quantitative estimate of drug-likeness (QED) is 0.584. The van der Waals surface area contributed by atoms with Crippen LogP contribution in [-0.4, -0.2) is 37.6 Å². The van der Waals surface area contributed by atoms with Gasteiger partial charge in [-0.2, -0.15) is 17.6 Å². The van der Waals surface area contributed by atoms with E-state index in [0.717, 1.165) is 26.2 Å². The first kappa shape index (κ1) is 20.4. The Balaban J connectivity index is 2.63. The van der Waals surface area contributed by atoms with Crippen LogP contribution in [0.1, 0.15) is 32.3 Å². The molecule has 0 amide bonds. The highest BCUT2D eigenvalue weighted by molar-refractivity contribution is 5.77. The van der Waals surface area contributed by atoms with Crippen molar-refractivity contribution in [3.05, 3.63) is 29.3 Å². The van der Waals surface area contributed by atoms with Gasteiger partial charge in [0.2, 0.25) is 5.82 Å². The van der Waals surface area contributed by atoms with E-state index in [1.807, 2.05) is 0 Å². The maximum absolute atomic E-state index is 14.1. The minimum Gasteiger partial charge on any atom is -0.493 e. The van der Waals surface area contributed by atoms with Crippen molar-refractivity contribution >= 4 is 5.97 Å². The first-order chi connectivity index (χ1) is 12.0. The summed E-state index contributed by atoms with van der Waals surface area (Å²) in [7, 11) is 1.06. The van der Waals surface area contributed by atoms with Crippen LogP contribution in [0.3, 0.4) is 0 Å². The van der Waals surface area contributed by atoms with Gasteiger partial charge >= 0.3 is 12.1 Å². The molecule has 0 spiro atoms.